The van der Waals surface area contributed by atoms with Gasteiger partial charge in [-0.25, -0.2) is 0 Å². The van der Waals surface area contributed by atoms with Crippen LogP contribution in [0.3, 0.4) is 0 Å². The molecule has 1 amide bonds. The number of nitrogens with zero attached hydrogens (tertiary/aromatic N) is 1. The second-order valence-electron chi connectivity index (χ2n) is 5.09. The predicted molar refractivity (Wildman–Crippen MR) is 87.7 cm³/mol. The number of carbonyl (C=O) groups is 1. The highest BCUT2D eigenvalue weighted by molar-refractivity contribution is 9.10. The number of benzene rings is 1. The number of hydrogen-bond acceptors (Lipinski definition) is 2. The number of rotatable bonds is 3. The number of anilines is 1. The maximum Gasteiger partial charge on any atom is 0.265 e. The zero-order valence-electron chi connectivity index (χ0n) is 12.2. The summed E-state index contributed by atoms with van der Waals surface area (Å²) in [6.07, 6.45) is 1.68. The normalized spacial score (nSPS) is 10.5. The van der Waals surface area contributed by atoms with Gasteiger partial charge >= 0.3 is 0 Å². The van der Waals surface area contributed by atoms with Crippen LogP contribution >= 0.6 is 15.9 Å². The Hall–Kier alpha value is -1.88. The fourth-order valence-electron chi connectivity index (χ4n) is 2.09. The van der Waals surface area contributed by atoms with Crippen molar-refractivity contribution in [3.05, 3.63) is 62.0 Å². The maximum atomic E-state index is 12.1. The van der Waals surface area contributed by atoms with Crippen LogP contribution in [0.4, 0.5) is 5.69 Å². The molecule has 0 aliphatic carbocycles. The van der Waals surface area contributed by atoms with E-state index in [1.54, 1.807) is 12.3 Å². The van der Waals surface area contributed by atoms with Crippen LogP contribution in [0.25, 0.3) is 0 Å². The summed E-state index contributed by atoms with van der Waals surface area (Å²) in [7, 11) is 0. The van der Waals surface area contributed by atoms with Crippen molar-refractivity contribution in [2.75, 3.05) is 5.32 Å². The fraction of sp³-hybridized carbons (Fsp3) is 0.250. The first-order valence-electron chi connectivity index (χ1n) is 6.61. The molecule has 0 saturated heterocycles. The van der Waals surface area contributed by atoms with Crippen LogP contribution in [0.15, 0.2) is 39.7 Å². The third-order valence-electron chi connectivity index (χ3n) is 3.37. The molecule has 0 radical (unpaired) electrons. The largest absolute Gasteiger partial charge is 0.324 e. The van der Waals surface area contributed by atoms with Crippen LogP contribution in [-0.4, -0.2) is 10.5 Å². The monoisotopic (exact) mass is 348 g/mol. The van der Waals surface area contributed by atoms with E-state index in [0.29, 0.717) is 4.47 Å². The van der Waals surface area contributed by atoms with E-state index < -0.39 is 0 Å². The Bertz CT molecular complexity index is 750. The Balaban J connectivity index is 2.20. The second kappa shape index (κ2) is 6.26. The van der Waals surface area contributed by atoms with Gasteiger partial charge in [-0.15, -0.1) is 0 Å². The maximum absolute atomic E-state index is 12.1. The van der Waals surface area contributed by atoms with Crippen LogP contribution in [0.2, 0.25) is 0 Å². The van der Waals surface area contributed by atoms with Crippen LogP contribution in [-0.2, 0) is 11.3 Å². The Morgan fingerprint density at radius 3 is 2.71 bits per heavy atom. The molecule has 110 valence electrons. The van der Waals surface area contributed by atoms with Gasteiger partial charge in [0.2, 0.25) is 5.91 Å². The van der Waals surface area contributed by atoms with Crippen molar-refractivity contribution < 1.29 is 4.79 Å². The first-order chi connectivity index (χ1) is 9.88. The molecule has 0 spiro atoms. The molecule has 2 rings (SSSR count). The quantitative estimate of drug-likeness (QED) is 0.925. The summed E-state index contributed by atoms with van der Waals surface area (Å²) in [6, 6.07) is 7.48. The summed E-state index contributed by atoms with van der Waals surface area (Å²) in [5, 5.41) is 2.85. The minimum absolute atomic E-state index is 0.00745. The summed E-state index contributed by atoms with van der Waals surface area (Å²) < 4.78 is 1.86. The standard InChI is InChI=1S/C16H17BrN2O2/c1-10-7-13(17)16(21)19(8-10)9-15(20)18-14-6-4-5-11(2)12(14)3/h4-8H,9H2,1-3H3,(H,18,20). The van der Waals surface area contributed by atoms with Gasteiger partial charge in [-0.05, 0) is 65.5 Å². The van der Waals surface area contributed by atoms with E-state index in [9.17, 15) is 9.59 Å². The number of aryl methyl sites for hydroxylation is 2. The highest BCUT2D eigenvalue weighted by atomic mass is 79.9. The van der Waals surface area contributed by atoms with E-state index in [0.717, 1.165) is 22.4 Å². The summed E-state index contributed by atoms with van der Waals surface area (Å²) in [5.41, 5.74) is 3.63. The van der Waals surface area contributed by atoms with E-state index in [1.807, 2.05) is 39.0 Å². The Kier molecular flexibility index (Phi) is 4.63. The lowest BCUT2D eigenvalue weighted by molar-refractivity contribution is -0.116. The van der Waals surface area contributed by atoms with Gasteiger partial charge in [0.25, 0.3) is 5.56 Å². The summed E-state index contributed by atoms with van der Waals surface area (Å²) in [5.74, 6) is -0.219. The number of aromatic nitrogens is 1. The smallest absolute Gasteiger partial charge is 0.265 e. The molecular weight excluding hydrogens is 332 g/mol. The van der Waals surface area contributed by atoms with Crippen LogP contribution < -0.4 is 10.9 Å². The number of halogens is 1. The molecule has 2 aromatic rings. The average Bonchev–Trinajstić information content (AvgIpc) is 2.40. The molecule has 1 aromatic heterocycles. The van der Waals surface area contributed by atoms with Crippen molar-refractivity contribution in [2.24, 2.45) is 0 Å². The van der Waals surface area contributed by atoms with Crippen LogP contribution in [0.5, 0.6) is 0 Å². The van der Waals surface area contributed by atoms with Crippen molar-refractivity contribution in [1.82, 2.24) is 4.57 Å². The van der Waals surface area contributed by atoms with Gasteiger partial charge in [0.15, 0.2) is 0 Å². The molecule has 4 nitrogen and oxygen atoms in total. The van der Waals surface area contributed by atoms with Gasteiger partial charge < -0.3 is 9.88 Å². The van der Waals surface area contributed by atoms with Gasteiger partial charge in [0.1, 0.15) is 6.54 Å². The molecule has 0 aliphatic heterocycles. The predicted octanol–water partition coefficient (Wildman–Crippen LogP) is 3.17. The minimum Gasteiger partial charge on any atom is -0.324 e. The molecular formula is C16H17BrN2O2. The summed E-state index contributed by atoms with van der Waals surface area (Å²) >= 11 is 3.21. The van der Waals surface area contributed by atoms with Crippen molar-refractivity contribution >= 4 is 27.5 Å². The highest BCUT2D eigenvalue weighted by Crippen LogP contribution is 2.17. The molecule has 1 N–H and O–H groups in total. The molecule has 0 aliphatic rings. The molecule has 0 saturated carbocycles. The fourth-order valence-corrected chi connectivity index (χ4v) is 2.68. The topological polar surface area (TPSA) is 51.1 Å². The van der Waals surface area contributed by atoms with Crippen molar-refractivity contribution in [3.63, 3.8) is 0 Å². The zero-order valence-corrected chi connectivity index (χ0v) is 13.8. The first kappa shape index (κ1) is 15.5. The summed E-state index contributed by atoms with van der Waals surface area (Å²) in [4.78, 5) is 24.1. The highest BCUT2D eigenvalue weighted by Gasteiger charge is 2.09. The molecule has 0 fully saturated rings. The molecule has 0 bridgehead atoms. The number of hydrogen-bond donors (Lipinski definition) is 1. The number of pyridine rings is 1. The second-order valence-corrected chi connectivity index (χ2v) is 5.95. The van der Waals surface area contributed by atoms with E-state index in [1.165, 1.54) is 4.57 Å². The van der Waals surface area contributed by atoms with E-state index in [2.05, 4.69) is 21.2 Å². The molecule has 0 atom stereocenters. The van der Waals surface area contributed by atoms with E-state index >= 15 is 0 Å². The molecule has 0 unspecified atom stereocenters. The molecule has 1 aromatic carbocycles. The SMILES string of the molecule is Cc1cc(Br)c(=O)n(CC(=O)Nc2cccc(C)c2C)c1. The van der Waals surface area contributed by atoms with E-state index in [4.69, 9.17) is 0 Å². The average molecular weight is 349 g/mol. The number of amides is 1. The third-order valence-corrected chi connectivity index (χ3v) is 3.94. The van der Waals surface area contributed by atoms with Crippen molar-refractivity contribution in [2.45, 2.75) is 27.3 Å². The number of carbonyl (C=O) groups excluding carboxylic acids is 1. The van der Waals surface area contributed by atoms with Gasteiger partial charge in [-0.2, -0.15) is 0 Å². The molecule has 5 heteroatoms. The Morgan fingerprint density at radius 1 is 1.29 bits per heavy atom. The van der Waals surface area contributed by atoms with Crippen molar-refractivity contribution in [1.29, 1.82) is 0 Å². The molecule has 21 heavy (non-hydrogen) atoms. The lowest BCUT2D eigenvalue weighted by atomic mass is 10.1. The summed E-state index contributed by atoms with van der Waals surface area (Å²) in [6.45, 7) is 5.82. The van der Waals surface area contributed by atoms with Crippen LogP contribution in [0, 0.1) is 20.8 Å². The van der Waals surface area contributed by atoms with Gasteiger partial charge in [-0.1, -0.05) is 12.1 Å². The zero-order chi connectivity index (χ0) is 15.6. The number of nitrogens with one attached hydrogen (secondary N) is 1. The Labute approximate surface area is 131 Å². The Morgan fingerprint density at radius 2 is 2.00 bits per heavy atom. The first-order valence-corrected chi connectivity index (χ1v) is 7.40. The lowest BCUT2D eigenvalue weighted by Crippen LogP contribution is -2.28. The van der Waals surface area contributed by atoms with Gasteiger partial charge in [0.05, 0.1) is 4.47 Å². The van der Waals surface area contributed by atoms with Gasteiger partial charge in [0, 0.05) is 11.9 Å². The van der Waals surface area contributed by atoms with Gasteiger partial charge in [-0.3, -0.25) is 9.59 Å². The van der Waals surface area contributed by atoms with Crippen LogP contribution in [0.1, 0.15) is 16.7 Å². The lowest BCUT2D eigenvalue weighted by Gasteiger charge is -2.12. The molecule has 1 heterocycles. The van der Waals surface area contributed by atoms with E-state index in [-0.39, 0.29) is 18.0 Å². The van der Waals surface area contributed by atoms with Crippen molar-refractivity contribution in [3.8, 4) is 0 Å². The minimum atomic E-state index is -0.219. The third kappa shape index (κ3) is 3.61.